The van der Waals surface area contributed by atoms with Crippen LogP contribution in [0.3, 0.4) is 0 Å². The zero-order valence-electron chi connectivity index (χ0n) is 11.3. The van der Waals surface area contributed by atoms with Crippen molar-refractivity contribution in [3.05, 3.63) is 21.9 Å². The number of thiophene rings is 1. The monoisotopic (exact) mass is 302 g/mol. The van der Waals surface area contributed by atoms with E-state index in [0.717, 1.165) is 24.1 Å². The molecule has 0 radical (unpaired) electrons. The average Bonchev–Trinajstić information content (AvgIpc) is 2.81. The molecule has 1 aromatic heterocycles. The molecule has 1 saturated heterocycles. The van der Waals surface area contributed by atoms with E-state index in [1.54, 1.807) is 11.3 Å². The fourth-order valence-corrected chi connectivity index (χ4v) is 4.27. The van der Waals surface area contributed by atoms with Gasteiger partial charge in [0.1, 0.15) is 0 Å². The summed E-state index contributed by atoms with van der Waals surface area (Å²) in [5.74, 6) is 0.216. The Labute approximate surface area is 119 Å². The molecular formula is C13H22N2O2S2. The van der Waals surface area contributed by atoms with Crippen LogP contribution in [0.25, 0.3) is 0 Å². The van der Waals surface area contributed by atoms with E-state index < -0.39 is 10.0 Å². The summed E-state index contributed by atoms with van der Waals surface area (Å²) >= 11 is 1.61. The highest BCUT2D eigenvalue weighted by Crippen LogP contribution is 2.14. The van der Waals surface area contributed by atoms with E-state index in [4.69, 9.17) is 0 Å². The summed E-state index contributed by atoms with van der Waals surface area (Å²) in [6, 6.07) is 0.369. The quantitative estimate of drug-likeness (QED) is 0.845. The third-order valence-electron chi connectivity index (χ3n) is 3.59. The summed E-state index contributed by atoms with van der Waals surface area (Å²) < 4.78 is 26.6. The zero-order chi connectivity index (χ0) is 13.7. The van der Waals surface area contributed by atoms with E-state index in [2.05, 4.69) is 10.0 Å². The maximum absolute atomic E-state index is 11.9. The lowest BCUT2D eigenvalue weighted by atomic mass is 10.0. The summed E-state index contributed by atoms with van der Waals surface area (Å²) in [5.41, 5.74) is 2.23. The number of sulfonamides is 1. The topological polar surface area (TPSA) is 58.2 Å². The summed E-state index contributed by atoms with van der Waals surface area (Å²) in [7, 11) is -3.16. The van der Waals surface area contributed by atoms with Crippen molar-refractivity contribution in [3.8, 4) is 0 Å². The molecule has 1 atom stereocenters. The molecule has 6 heteroatoms. The highest BCUT2D eigenvalue weighted by molar-refractivity contribution is 7.89. The van der Waals surface area contributed by atoms with Crippen molar-refractivity contribution in [3.63, 3.8) is 0 Å². The Morgan fingerprint density at radius 1 is 1.42 bits per heavy atom. The second-order valence-corrected chi connectivity index (χ2v) is 7.83. The predicted molar refractivity (Wildman–Crippen MR) is 79.9 cm³/mol. The molecular weight excluding hydrogens is 280 g/mol. The van der Waals surface area contributed by atoms with Gasteiger partial charge in [0, 0.05) is 12.6 Å². The Bertz CT molecular complexity index is 490. The number of rotatable bonds is 6. The SMILES string of the molecule is Cc1cscc1CNS(=O)(=O)CCC1CCCCN1. The number of piperidine rings is 1. The number of hydrogen-bond acceptors (Lipinski definition) is 4. The lowest BCUT2D eigenvalue weighted by Gasteiger charge is -2.23. The minimum atomic E-state index is -3.16. The molecule has 0 amide bonds. The van der Waals surface area contributed by atoms with Crippen molar-refractivity contribution in [2.45, 2.75) is 45.2 Å². The van der Waals surface area contributed by atoms with E-state index in [9.17, 15) is 8.42 Å². The lowest BCUT2D eigenvalue weighted by Crippen LogP contribution is -2.37. The lowest BCUT2D eigenvalue weighted by molar-refractivity contribution is 0.392. The molecule has 0 aromatic carbocycles. The maximum atomic E-state index is 11.9. The van der Waals surface area contributed by atoms with Crippen LogP contribution in [-0.4, -0.2) is 26.8 Å². The van der Waals surface area contributed by atoms with Crippen LogP contribution in [0, 0.1) is 6.92 Å². The van der Waals surface area contributed by atoms with Crippen LogP contribution in [-0.2, 0) is 16.6 Å². The third-order valence-corrected chi connectivity index (χ3v) is 5.86. The average molecular weight is 302 g/mol. The third kappa shape index (κ3) is 4.87. The van der Waals surface area contributed by atoms with Crippen LogP contribution in [0.5, 0.6) is 0 Å². The fraction of sp³-hybridized carbons (Fsp3) is 0.692. The van der Waals surface area contributed by atoms with Gasteiger partial charge < -0.3 is 5.32 Å². The molecule has 1 aliphatic heterocycles. The van der Waals surface area contributed by atoms with Crippen LogP contribution in [0.2, 0.25) is 0 Å². The number of hydrogen-bond donors (Lipinski definition) is 2. The molecule has 0 bridgehead atoms. The molecule has 1 aromatic rings. The molecule has 1 unspecified atom stereocenters. The van der Waals surface area contributed by atoms with Gasteiger partial charge in [-0.1, -0.05) is 6.42 Å². The highest BCUT2D eigenvalue weighted by Gasteiger charge is 2.17. The first kappa shape index (κ1) is 15.0. The molecule has 108 valence electrons. The molecule has 1 fully saturated rings. The van der Waals surface area contributed by atoms with E-state index in [-0.39, 0.29) is 5.75 Å². The van der Waals surface area contributed by atoms with Gasteiger partial charge in [-0.3, -0.25) is 0 Å². The van der Waals surface area contributed by atoms with Crippen LogP contribution in [0.15, 0.2) is 10.8 Å². The Hall–Kier alpha value is -0.430. The van der Waals surface area contributed by atoms with Crippen molar-refractivity contribution in [2.24, 2.45) is 0 Å². The van der Waals surface area contributed by atoms with Gasteiger partial charge in [0.05, 0.1) is 5.75 Å². The molecule has 4 nitrogen and oxygen atoms in total. The number of aryl methyl sites for hydroxylation is 1. The van der Waals surface area contributed by atoms with E-state index >= 15 is 0 Å². The molecule has 2 heterocycles. The smallest absolute Gasteiger partial charge is 0.211 e. The normalized spacial score (nSPS) is 20.6. The second-order valence-electron chi connectivity index (χ2n) is 5.16. The van der Waals surface area contributed by atoms with E-state index in [1.807, 2.05) is 17.7 Å². The Morgan fingerprint density at radius 3 is 2.89 bits per heavy atom. The van der Waals surface area contributed by atoms with Gasteiger partial charge in [0.2, 0.25) is 10.0 Å². The standard InChI is InChI=1S/C13H22N2O2S2/c1-11-9-18-10-12(11)8-15-19(16,17)7-5-13-4-2-3-6-14-13/h9-10,13-15H,2-8H2,1H3. The molecule has 0 aliphatic carbocycles. The van der Waals surface area contributed by atoms with Gasteiger partial charge in [0.15, 0.2) is 0 Å². The van der Waals surface area contributed by atoms with Gasteiger partial charge in [-0.25, -0.2) is 13.1 Å². The predicted octanol–water partition coefficient (Wildman–Crippen LogP) is 2.01. The second kappa shape index (κ2) is 6.83. The first-order valence-corrected chi connectivity index (χ1v) is 9.39. The molecule has 2 rings (SSSR count). The zero-order valence-corrected chi connectivity index (χ0v) is 12.9. The van der Waals surface area contributed by atoms with Gasteiger partial charge >= 0.3 is 0 Å². The van der Waals surface area contributed by atoms with Gasteiger partial charge in [-0.05, 0) is 54.6 Å². The summed E-state index contributed by atoms with van der Waals surface area (Å²) in [5, 5.41) is 7.42. The van der Waals surface area contributed by atoms with Crippen molar-refractivity contribution in [1.82, 2.24) is 10.0 Å². The maximum Gasteiger partial charge on any atom is 0.211 e. The van der Waals surface area contributed by atoms with Crippen molar-refractivity contribution in [1.29, 1.82) is 0 Å². The molecule has 0 saturated carbocycles. The molecule has 2 N–H and O–H groups in total. The highest BCUT2D eigenvalue weighted by atomic mass is 32.2. The van der Waals surface area contributed by atoms with Gasteiger partial charge in [-0.2, -0.15) is 11.3 Å². The fourth-order valence-electron chi connectivity index (χ4n) is 2.30. The largest absolute Gasteiger partial charge is 0.314 e. The van der Waals surface area contributed by atoms with Crippen molar-refractivity contribution >= 4 is 21.4 Å². The Morgan fingerprint density at radius 2 is 2.26 bits per heavy atom. The summed E-state index contributed by atoms with van der Waals surface area (Å²) in [4.78, 5) is 0. The van der Waals surface area contributed by atoms with Crippen LogP contribution in [0.4, 0.5) is 0 Å². The first-order chi connectivity index (χ1) is 9.07. The molecule has 1 aliphatic rings. The minimum Gasteiger partial charge on any atom is -0.314 e. The van der Waals surface area contributed by atoms with Crippen LogP contribution < -0.4 is 10.0 Å². The molecule has 19 heavy (non-hydrogen) atoms. The minimum absolute atomic E-state index is 0.216. The van der Waals surface area contributed by atoms with Gasteiger partial charge in [-0.15, -0.1) is 0 Å². The molecule has 0 spiro atoms. The van der Waals surface area contributed by atoms with Gasteiger partial charge in [0.25, 0.3) is 0 Å². The Balaban J connectivity index is 1.76. The van der Waals surface area contributed by atoms with Crippen LogP contribution in [0.1, 0.15) is 36.8 Å². The van der Waals surface area contributed by atoms with E-state index in [1.165, 1.54) is 12.8 Å². The number of nitrogens with one attached hydrogen (secondary N) is 2. The van der Waals surface area contributed by atoms with Crippen molar-refractivity contribution in [2.75, 3.05) is 12.3 Å². The van der Waals surface area contributed by atoms with Crippen molar-refractivity contribution < 1.29 is 8.42 Å². The summed E-state index contributed by atoms with van der Waals surface area (Å²) in [6.07, 6.45) is 4.22. The Kier molecular flexibility index (Phi) is 5.38. The first-order valence-electron chi connectivity index (χ1n) is 6.79. The van der Waals surface area contributed by atoms with E-state index in [0.29, 0.717) is 19.0 Å². The summed E-state index contributed by atoms with van der Waals surface area (Å²) in [6.45, 7) is 3.44. The van der Waals surface area contributed by atoms with Crippen LogP contribution >= 0.6 is 11.3 Å².